The first-order chi connectivity index (χ1) is 12.5. The second kappa shape index (κ2) is 7.85. The van der Waals surface area contributed by atoms with E-state index in [-0.39, 0.29) is 5.91 Å². The number of likely N-dealkylation sites (N-methyl/N-ethyl adjacent to an activating group) is 2. The van der Waals surface area contributed by atoms with E-state index in [0.29, 0.717) is 6.54 Å². The van der Waals surface area contributed by atoms with Crippen LogP contribution in [-0.4, -0.2) is 56.2 Å². The van der Waals surface area contributed by atoms with Gasteiger partial charge in [-0.2, -0.15) is 0 Å². The number of benzene rings is 1. The van der Waals surface area contributed by atoms with Gasteiger partial charge in [-0.3, -0.25) is 9.59 Å². The lowest BCUT2D eigenvalue weighted by atomic mass is 10.2. The van der Waals surface area contributed by atoms with Crippen molar-refractivity contribution in [2.75, 3.05) is 30.4 Å². The van der Waals surface area contributed by atoms with Crippen LogP contribution in [0.25, 0.3) is 0 Å². The van der Waals surface area contributed by atoms with Gasteiger partial charge in [0.2, 0.25) is 5.91 Å². The third-order valence-electron chi connectivity index (χ3n) is 4.18. The van der Waals surface area contributed by atoms with Gasteiger partial charge in [0, 0.05) is 20.6 Å². The number of amides is 3. The molecule has 1 aliphatic rings. The molecule has 0 saturated carbocycles. The molecule has 1 heterocycles. The number of para-hydroxylation sites is 2. The lowest BCUT2D eigenvalue weighted by molar-refractivity contribution is -0.128. The second-order valence-electron chi connectivity index (χ2n) is 7.70. The Morgan fingerprint density at radius 1 is 1.19 bits per heavy atom. The van der Waals surface area contributed by atoms with Gasteiger partial charge in [-0.25, -0.2) is 4.79 Å². The molecule has 3 amide bonds. The standard InChI is InChI=1S/C19H28N4O4/c1-12(20-18(26)27-19(2,3)4)16(24)21-13-11-22(5)14-9-7-8-10-15(14)23(6)17(13)25/h7-10,12-13H,11H2,1-6H3,(H,20,26)(H,21,24)/t12-,13?/m0/s1. The Balaban J connectivity index is 2.05. The zero-order valence-corrected chi connectivity index (χ0v) is 16.7. The van der Waals surface area contributed by atoms with E-state index in [2.05, 4.69) is 10.6 Å². The molecule has 2 rings (SSSR count). The smallest absolute Gasteiger partial charge is 0.408 e. The summed E-state index contributed by atoms with van der Waals surface area (Å²) < 4.78 is 5.15. The average Bonchev–Trinajstić information content (AvgIpc) is 2.65. The molecule has 0 aromatic heterocycles. The van der Waals surface area contributed by atoms with E-state index in [9.17, 15) is 14.4 Å². The number of anilines is 2. The van der Waals surface area contributed by atoms with Crippen molar-refractivity contribution < 1.29 is 19.1 Å². The minimum atomic E-state index is -0.839. The van der Waals surface area contributed by atoms with Gasteiger partial charge < -0.3 is 25.2 Å². The van der Waals surface area contributed by atoms with Gasteiger partial charge in [-0.05, 0) is 39.8 Å². The van der Waals surface area contributed by atoms with Crippen LogP contribution < -0.4 is 20.4 Å². The van der Waals surface area contributed by atoms with Crippen LogP contribution in [0.5, 0.6) is 0 Å². The lowest BCUT2D eigenvalue weighted by Gasteiger charge is -2.25. The number of hydrogen-bond acceptors (Lipinski definition) is 5. The summed E-state index contributed by atoms with van der Waals surface area (Å²) in [4.78, 5) is 40.6. The highest BCUT2D eigenvalue weighted by atomic mass is 16.6. The summed E-state index contributed by atoms with van der Waals surface area (Å²) in [6.45, 7) is 7.09. The van der Waals surface area contributed by atoms with Gasteiger partial charge in [0.15, 0.2) is 0 Å². The first-order valence-corrected chi connectivity index (χ1v) is 8.87. The Labute approximate surface area is 159 Å². The molecule has 2 atom stereocenters. The number of alkyl carbamates (subject to hydrolysis) is 1. The van der Waals surface area contributed by atoms with Crippen molar-refractivity contribution in [3.8, 4) is 0 Å². The van der Waals surface area contributed by atoms with Crippen LogP contribution in [0.2, 0.25) is 0 Å². The van der Waals surface area contributed by atoms with Crippen LogP contribution in [0.15, 0.2) is 24.3 Å². The van der Waals surface area contributed by atoms with Crippen LogP contribution in [0.4, 0.5) is 16.2 Å². The van der Waals surface area contributed by atoms with Gasteiger partial charge in [0.25, 0.3) is 5.91 Å². The molecule has 0 fully saturated rings. The van der Waals surface area contributed by atoms with Gasteiger partial charge in [0.05, 0.1) is 11.4 Å². The molecule has 1 unspecified atom stereocenters. The van der Waals surface area contributed by atoms with E-state index in [1.165, 1.54) is 4.90 Å². The van der Waals surface area contributed by atoms with Crippen molar-refractivity contribution >= 4 is 29.3 Å². The zero-order valence-electron chi connectivity index (χ0n) is 16.7. The normalized spacial score (nSPS) is 18.3. The van der Waals surface area contributed by atoms with Crippen molar-refractivity contribution in [3.05, 3.63) is 24.3 Å². The van der Waals surface area contributed by atoms with Crippen LogP contribution in [0.1, 0.15) is 27.7 Å². The molecular formula is C19H28N4O4. The Hall–Kier alpha value is -2.77. The highest BCUT2D eigenvalue weighted by Gasteiger charge is 2.32. The zero-order chi connectivity index (χ0) is 20.4. The van der Waals surface area contributed by atoms with E-state index >= 15 is 0 Å². The molecule has 148 valence electrons. The molecule has 8 nitrogen and oxygen atoms in total. The van der Waals surface area contributed by atoms with Crippen molar-refractivity contribution in [3.63, 3.8) is 0 Å². The van der Waals surface area contributed by atoms with Crippen molar-refractivity contribution in [1.82, 2.24) is 10.6 Å². The minimum Gasteiger partial charge on any atom is -0.444 e. The molecule has 0 aliphatic carbocycles. The summed E-state index contributed by atoms with van der Waals surface area (Å²) in [5.41, 5.74) is 1.03. The maximum atomic E-state index is 12.8. The largest absolute Gasteiger partial charge is 0.444 e. The summed E-state index contributed by atoms with van der Waals surface area (Å²) in [7, 11) is 3.55. The number of fused-ring (bicyclic) bond motifs is 1. The van der Waals surface area contributed by atoms with Crippen LogP contribution >= 0.6 is 0 Å². The highest BCUT2D eigenvalue weighted by molar-refractivity contribution is 6.03. The number of rotatable bonds is 3. The van der Waals surface area contributed by atoms with Gasteiger partial charge in [-0.15, -0.1) is 0 Å². The maximum absolute atomic E-state index is 12.8. The fourth-order valence-corrected chi connectivity index (χ4v) is 2.83. The fourth-order valence-electron chi connectivity index (χ4n) is 2.83. The number of carbonyl (C=O) groups excluding carboxylic acids is 3. The number of nitrogens with one attached hydrogen (secondary N) is 2. The quantitative estimate of drug-likeness (QED) is 0.834. The van der Waals surface area contributed by atoms with Crippen molar-refractivity contribution in [2.45, 2.75) is 45.4 Å². The van der Waals surface area contributed by atoms with Crippen LogP contribution in [-0.2, 0) is 14.3 Å². The maximum Gasteiger partial charge on any atom is 0.408 e. The molecule has 0 radical (unpaired) electrons. The van der Waals surface area contributed by atoms with E-state index in [1.807, 2.05) is 36.2 Å². The fraction of sp³-hybridized carbons (Fsp3) is 0.526. The summed E-state index contributed by atoms with van der Waals surface area (Å²) >= 11 is 0. The molecule has 1 aromatic rings. The van der Waals surface area contributed by atoms with Gasteiger partial charge in [-0.1, -0.05) is 12.1 Å². The number of carbonyl (C=O) groups is 3. The van der Waals surface area contributed by atoms with Crippen LogP contribution in [0, 0.1) is 0 Å². The van der Waals surface area contributed by atoms with E-state index in [0.717, 1.165) is 11.4 Å². The molecule has 0 saturated heterocycles. The molecule has 1 aliphatic heterocycles. The third kappa shape index (κ3) is 5.12. The Morgan fingerprint density at radius 2 is 1.78 bits per heavy atom. The topological polar surface area (TPSA) is 91.0 Å². The third-order valence-corrected chi connectivity index (χ3v) is 4.18. The summed E-state index contributed by atoms with van der Waals surface area (Å²) in [5, 5.41) is 5.21. The van der Waals surface area contributed by atoms with Crippen molar-refractivity contribution in [2.24, 2.45) is 0 Å². The summed E-state index contributed by atoms with van der Waals surface area (Å²) in [6.07, 6.45) is -0.681. The van der Waals surface area contributed by atoms with Gasteiger partial charge >= 0.3 is 6.09 Å². The Kier molecular flexibility index (Phi) is 5.98. The first kappa shape index (κ1) is 20.5. The number of nitrogens with zero attached hydrogens (tertiary/aromatic N) is 2. The van der Waals surface area contributed by atoms with Crippen LogP contribution in [0.3, 0.4) is 0 Å². The van der Waals surface area contributed by atoms with E-state index in [4.69, 9.17) is 4.74 Å². The lowest BCUT2D eigenvalue weighted by Crippen LogP contribution is -2.55. The van der Waals surface area contributed by atoms with Gasteiger partial charge in [0.1, 0.15) is 17.7 Å². The number of ether oxygens (including phenoxy) is 1. The SMILES string of the molecule is C[C@H](NC(=O)OC(C)(C)C)C(=O)NC1CN(C)c2ccccc2N(C)C1=O. The molecule has 2 N–H and O–H groups in total. The molecular weight excluding hydrogens is 348 g/mol. The average molecular weight is 376 g/mol. The Morgan fingerprint density at radius 3 is 2.37 bits per heavy atom. The first-order valence-electron chi connectivity index (χ1n) is 8.87. The summed E-state index contributed by atoms with van der Waals surface area (Å²) in [6, 6.07) is 5.98. The van der Waals surface area contributed by atoms with E-state index in [1.54, 1.807) is 34.7 Å². The van der Waals surface area contributed by atoms with Crippen molar-refractivity contribution in [1.29, 1.82) is 0 Å². The monoisotopic (exact) mass is 376 g/mol. The minimum absolute atomic E-state index is 0.218. The highest BCUT2D eigenvalue weighted by Crippen LogP contribution is 2.30. The predicted molar refractivity (Wildman–Crippen MR) is 104 cm³/mol. The van der Waals surface area contributed by atoms with E-state index < -0.39 is 29.7 Å². The number of hydrogen-bond donors (Lipinski definition) is 2. The predicted octanol–water partition coefficient (Wildman–Crippen LogP) is 1.50. The molecule has 0 bridgehead atoms. The molecule has 8 heteroatoms. The Bertz CT molecular complexity index is 729. The second-order valence-corrected chi connectivity index (χ2v) is 7.70. The molecule has 1 aromatic carbocycles. The molecule has 27 heavy (non-hydrogen) atoms. The summed E-state index contributed by atoms with van der Waals surface area (Å²) in [5.74, 6) is -0.670. The molecule has 0 spiro atoms.